The Morgan fingerprint density at radius 2 is 1.95 bits per heavy atom. The van der Waals surface area contributed by atoms with Crippen LogP contribution >= 0.6 is 0 Å². The van der Waals surface area contributed by atoms with Crippen LogP contribution in [0.1, 0.15) is 36.0 Å². The molecule has 0 atom stereocenters. The molecular formula is C16H17NO3. The molecule has 4 heteroatoms. The first kappa shape index (κ1) is 12.9. The Hall–Kier alpha value is -2.10. The molecule has 0 amide bonds. The predicted molar refractivity (Wildman–Crippen MR) is 77.1 cm³/mol. The molecule has 0 bridgehead atoms. The molecule has 104 valence electrons. The summed E-state index contributed by atoms with van der Waals surface area (Å²) in [6, 6.07) is 8.50. The van der Waals surface area contributed by atoms with Crippen molar-refractivity contribution in [2.24, 2.45) is 5.92 Å². The van der Waals surface area contributed by atoms with Gasteiger partial charge in [-0.15, -0.1) is 0 Å². The van der Waals surface area contributed by atoms with Crippen molar-refractivity contribution in [1.29, 1.82) is 0 Å². The van der Waals surface area contributed by atoms with Gasteiger partial charge in [-0.2, -0.15) is 0 Å². The molecule has 1 aliphatic rings. The molecule has 0 aliphatic heterocycles. The van der Waals surface area contributed by atoms with Gasteiger partial charge in [-0.3, -0.25) is 4.79 Å². The van der Waals surface area contributed by atoms with E-state index in [4.69, 9.17) is 0 Å². The molecule has 0 spiro atoms. The van der Waals surface area contributed by atoms with E-state index in [2.05, 4.69) is 0 Å². The number of aromatic nitrogens is 1. The normalized spacial score (nSPS) is 15.8. The largest absolute Gasteiger partial charge is 0.478 e. The maximum absolute atomic E-state index is 12.2. The first-order valence-electron chi connectivity index (χ1n) is 7.02. The number of carboxylic acid groups (broad SMARTS) is 1. The fourth-order valence-electron chi connectivity index (χ4n) is 3.15. The average molecular weight is 271 g/mol. The van der Waals surface area contributed by atoms with Crippen molar-refractivity contribution in [3.8, 4) is 0 Å². The van der Waals surface area contributed by atoms with Gasteiger partial charge in [-0.1, -0.05) is 31.0 Å². The first-order valence-corrected chi connectivity index (χ1v) is 7.02. The van der Waals surface area contributed by atoms with E-state index in [0.29, 0.717) is 17.8 Å². The Balaban J connectivity index is 2.16. The number of aromatic carboxylic acids is 1. The second kappa shape index (κ2) is 5.12. The van der Waals surface area contributed by atoms with Crippen LogP contribution in [-0.2, 0) is 6.54 Å². The lowest BCUT2D eigenvalue weighted by atomic mass is 10.1. The molecule has 20 heavy (non-hydrogen) atoms. The fraction of sp³-hybridized carbons (Fsp3) is 0.375. The van der Waals surface area contributed by atoms with Crippen molar-refractivity contribution in [2.75, 3.05) is 0 Å². The summed E-state index contributed by atoms with van der Waals surface area (Å²) >= 11 is 0. The van der Waals surface area contributed by atoms with Gasteiger partial charge in [0, 0.05) is 18.0 Å². The van der Waals surface area contributed by atoms with Crippen molar-refractivity contribution in [3.05, 3.63) is 46.2 Å². The summed E-state index contributed by atoms with van der Waals surface area (Å²) in [6.07, 6.45) is 4.76. The van der Waals surface area contributed by atoms with Gasteiger partial charge >= 0.3 is 5.97 Å². The molecule has 1 fully saturated rings. The highest BCUT2D eigenvalue weighted by atomic mass is 16.4. The summed E-state index contributed by atoms with van der Waals surface area (Å²) in [7, 11) is 0. The predicted octanol–water partition coefficient (Wildman–Crippen LogP) is 2.89. The van der Waals surface area contributed by atoms with Gasteiger partial charge in [-0.05, 0) is 24.8 Å². The van der Waals surface area contributed by atoms with Gasteiger partial charge in [-0.25, -0.2) is 4.79 Å². The standard InChI is InChI=1S/C16H17NO3/c18-15-9-13(16(19)20)12-7-3-4-8-14(12)17(15)10-11-5-1-2-6-11/h3-4,7-9,11H,1-2,5-6,10H2,(H,19,20). The Bertz CT molecular complexity index is 711. The quantitative estimate of drug-likeness (QED) is 0.933. The van der Waals surface area contributed by atoms with Crippen molar-refractivity contribution in [1.82, 2.24) is 4.57 Å². The third-order valence-electron chi connectivity index (χ3n) is 4.16. The molecule has 1 aliphatic carbocycles. The molecule has 1 aromatic heterocycles. The van der Waals surface area contributed by atoms with E-state index >= 15 is 0 Å². The van der Waals surface area contributed by atoms with Crippen LogP contribution in [0.2, 0.25) is 0 Å². The molecule has 1 saturated carbocycles. The average Bonchev–Trinajstić information content (AvgIpc) is 2.94. The number of nitrogens with zero attached hydrogens (tertiary/aromatic N) is 1. The van der Waals surface area contributed by atoms with Gasteiger partial charge < -0.3 is 9.67 Å². The Labute approximate surface area is 116 Å². The zero-order valence-electron chi connectivity index (χ0n) is 11.2. The highest BCUT2D eigenvalue weighted by Crippen LogP contribution is 2.27. The maximum Gasteiger partial charge on any atom is 0.336 e. The van der Waals surface area contributed by atoms with Crippen molar-refractivity contribution < 1.29 is 9.90 Å². The molecule has 3 rings (SSSR count). The maximum atomic E-state index is 12.2. The third kappa shape index (κ3) is 2.22. The second-order valence-electron chi connectivity index (χ2n) is 5.48. The number of rotatable bonds is 3. The van der Waals surface area contributed by atoms with Gasteiger partial charge in [0.1, 0.15) is 0 Å². The second-order valence-corrected chi connectivity index (χ2v) is 5.48. The molecular weight excluding hydrogens is 254 g/mol. The Kier molecular flexibility index (Phi) is 3.30. The van der Waals surface area contributed by atoms with Gasteiger partial charge in [0.05, 0.1) is 11.1 Å². The van der Waals surface area contributed by atoms with E-state index in [-0.39, 0.29) is 11.1 Å². The van der Waals surface area contributed by atoms with Gasteiger partial charge in [0.2, 0.25) is 0 Å². The van der Waals surface area contributed by atoms with E-state index in [0.717, 1.165) is 18.4 Å². The summed E-state index contributed by atoms with van der Waals surface area (Å²) < 4.78 is 1.73. The highest BCUT2D eigenvalue weighted by molar-refractivity contribution is 6.02. The summed E-state index contributed by atoms with van der Waals surface area (Å²) in [5.74, 6) is -0.516. The number of para-hydroxylation sites is 1. The van der Waals surface area contributed by atoms with E-state index < -0.39 is 5.97 Å². The number of pyridine rings is 1. The number of carboxylic acids is 1. The van der Waals surface area contributed by atoms with E-state index in [1.54, 1.807) is 16.7 Å². The number of hydrogen-bond acceptors (Lipinski definition) is 2. The molecule has 1 N–H and O–H groups in total. The molecule has 0 unspecified atom stereocenters. The minimum atomic E-state index is -1.05. The zero-order valence-corrected chi connectivity index (χ0v) is 11.2. The number of benzene rings is 1. The molecule has 2 aromatic rings. The molecule has 0 saturated heterocycles. The summed E-state index contributed by atoms with van der Waals surface area (Å²) in [4.78, 5) is 23.5. The first-order chi connectivity index (χ1) is 9.66. The summed E-state index contributed by atoms with van der Waals surface area (Å²) in [6.45, 7) is 0.694. The Morgan fingerprint density at radius 3 is 2.65 bits per heavy atom. The van der Waals surface area contributed by atoms with E-state index in [9.17, 15) is 14.7 Å². The third-order valence-corrected chi connectivity index (χ3v) is 4.16. The fourth-order valence-corrected chi connectivity index (χ4v) is 3.15. The van der Waals surface area contributed by atoms with Crippen LogP contribution in [0.4, 0.5) is 0 Å². The lowest BCUT2D eigenvalue weighted by Gasteiger charge is -2.15. The van der Waals surface area contributed by atoms with Crippen LogP contribution in [0.15, 0.2) is 35.1 Å². The zero-order chi connectivity index (χ0) is 14.1. The lowest BCUT2D eigenvalue weighted by molar-refractivity contribution is 0.0698. The number of hydrogen-bond donors (Lipinski definition) is 1. The SMILES string of the molecule is O=C(O)c1cc(=O)n(CC2CCCC2)c2ccccc12. The number of carbonyl (C=O) groups is 1. The van der Waals surface area contributed by atoms with Crippen molar-refractivity contribution in [2.45, 2.75) is 32.2 Å². The van der Waals surface area contributed by atoms with Crippen LogP contribution in [0.5, 0.6) is 0 Å². The molecule has 4 nitrogen and oxygen atoms in total. The van der Waals surface area contributed by atoms with E-state index in [1.807, 2.05) is 12.1 Å². The van der Waals surface area contributed by atoms with Gasteiger partial charge in [0.25, 0.3) is 5.56 Å². The number of fused-ring (bicyclic) bond motifs is 1. The topological polar surface area (TPSA) is 59.3 Å². The van der Waals surface area contributed by atoms with Crippen LogP contribution in [0.25, 0.3) is 10.9 Å². The molecule has 0 radical (unpaired) electrons. The van der Waals surface area contributed by atoms with Crippen molar-refractivity contribution >= 4 is 16.9 Å². The van der Waals surface area contributed by atoms with Crippen LogP contribution < -0.4 is 5.56 Å². The minimum Gasteiger partial charge on any atom is -0.478 e. The van der Waals surface area contributed by atoms with Crippen molar-refractivity contribution in [3.63, 3.8) is 0 Å². The Morgan fingerprint density at radius 1 is 1.25 bits per heavy atom. The monoisotopic (exact) mass is 271 g/mol. The van der Waals surface area contributed by atoms with Crippen LogP contribution in [0.3, 0.4) is 0 Å². The lowest BCUT2D eigenvalue weighted by Crippen LogP contribution is -2.24. The smallest absolute Gasteiger partial charge is 0.336 e. The summed E-state index contributed by atoms with van der Waals surface area (Å²) in [5, 5.41) is 9.87. The van der Waals surface area contributed by atoms with E-state index in [1.165, 1.54) is 18.9 Å². The highest BCUT2D eigenvalue weighted by Gasteiger charge is 2.19. The molecule has 1 heterocycles. The summed E-state index contributed by atoms with van der Waals surface area (Å²) in [5.41, 5.74) is 0.602. The van der Waals surface area contributed by atoms with Crippen LogP contribution in [0, 0.1) is 5.92 Å². The van der Waals surface area contributed by atoms with Crippen LogP contribution in [-0.4, -0.2) is 15.6 Å². The van der Waals surface area contributed by atoms with Gasteiger partial charge in [0.15, 0.2) is 0 Å². The molecule has 1 aromatic carbocycles. The minimum absolute atomic E-state index is 0.0910.